The van der Waals surface area contributed by atoms with Crippen LogP contribution in [0, 0.1) is 6.92 Å². The first-order chi connectivity index (χ1) is 8.63. The van der Waals surface area contributed by atoms with Gasteiger partial charge in [0.05, 0.1) is 12.9 Å². The van der Waals surface area contributed by atoms with Gasteiger partial charge in [0.1, 0.15) is 5.92 Å². The fraction of sp³-hybridized carbons (Fsp3) is 0.417. The zero-order valence-electron chi connectivity index (χ0n) is 10.5. The molecule has 1 unspecified atom stereocenters. The molecule has 0 saturated heterocycles. The number of aromatic nitrogens is 2. The van der Waals surface area contributed by atoms with E-state index in [0.717, 1.165) is 5.56 Å². The molecule has 6 nitrogen and oxygen atoms in total. The number of hydrogen-bond donors (Lipinski definition) is 0. The molecule has 1 atom stereocenters. The van der Waals surface area contributed by atoms with E-state index >= 15 is 0 Å². The largest absolute Gasteiger partial charge is 0.465 e. The van der Waals surface area contributed by atoms with Gasteiger partial charge in [0, 0.05) is 0 Å². The average molecular weight is 250 g/mol. The number of ether oxygens (including phenoxy) is 1. The molecular formula is C12H14N2O4. The predicted molar refractivity (Wildman–Crippen MR) is 61.8 cm³/mol. The third-order valence-corrected chi connectivity index (χ3v) is 2.52. The molecule has 0 saturated carbocycles. The quantitative estimate of drug-likeness (QED) is 0.775. The van der Waals surface area contributed by atoms with Crippen LogP contribution < -0.4 is 0 Å². The number of hydrogen-bond acceptors (Lipinski definition) is 6. The highest BCUT2D eigenvalue weighted by atomic mass is 16.5. The fourth-order valence-corrected chi connectivity index (χ4v) is 1.47. The van der Waals surface area contributed by atoms with Crippen molar-refractivity contribution in [2.75, 3.05) is 6.61 Å². The Morgan fingerprint density at radius 2 is 2.33 bits per heavy atom. The summed E-state index contributed by atoms with van der Waals surface area (Å²) >= 11 is 0. The van der Waals surface area contributed by atoms with Crippen molar-refractivity contribution in [3.63, 3.8) is 0 Å². The Morgan fingerprint density at radius 1 is 1.56 bits per heavy atom. The summed E-state index contributed by atoms with van der Waals surface area (Å²) < 4.78 is 15.2. The van der Waals surface area contributed by atoms with E-state index in [0.29, 0.717) is 18.2 Å². The van der Waals surface area contributed by atoms with Gasteiger partial charge in [-0.05, 0) is 32.4 Å². The number of nitrogens with zero attached hydrogens (tertiary/aromatic N) is 2. The van der Waals surface area contributed by atoms with Crippen molar-refractivity contribution in [1.82, 2.24) is 10.1 Å². The molecule has 18 heavy (non-hydrogen) atoms. The molecule has 0 bridgehead atoms. The van der Waals surface area contributed by atoms with Crippen molar-refractivity contribution < 1.29 is 18.5 Å². The van der Waals surface area contributed by atoms with Gasteiger partial charge in [-0.3, -0.25) is 4.79 Å². The van der Waals surface area contributed by atoms with Crippen molar-refractivity contribution in [3.05, 3.63) is 23.8 Å². The Labute approximate surface area is 104 Å². The summed E-state index contributed by atoms with van der Waals surface area (Å²) in [7, 11) is 0. The minimum Gasteiger partial charge on any atom is -0.465 e. The molecule has 0 amide bonds. The van der Waals surface area contributed by atoms with Crippen LogP contribution in [0.1, 0.15) is 31.2 Å². The number of furan rings is 1. The van der Waals surface area contributed by atoms with E-state index in [1.807, 2.05) is 6.92 Å². The van der Waals surface area contributed by atoms with E-state index in [2.05, 4.69) is 10.1 Å². The van der Waals surface area contributed by atoms with Crippen molar-refractivity contribution in [2.45, 2.75) is 26.7 Å². The molecular weight excluding hydrogens is 236 g/mol. The number of aryl methyl sites for hydroxylation is 1. The topological polar surface area (TPSA) is 78.4 Å². The maximum atomic E-state index is 11.5. The highest BCUT2D eigenvalue weighted by Gasteiger charge is 2.24. The van der Waals surface area contributed by atoms with Crippen LogP contribution >= 0.6 is 0 Å². The lowest BCUT2D eigenvalue weighted by molar-refractivity contribution is -0.145. The second-order valence-electron chi connectivity index (χ2n) is 3.86. The summed E-state index contributed by atoms with van der Waals surface area (Å²) in [5, 5.41) is 3.80. The number of carbonyl (C=O) groups excluding carboxylic acids is 1. The van der Waals surface area contributed by atoms with Gasteiger partial charge in [-0.2, -0.15) is 4.98 Å². The number of carbonyl (C=O) groups is 1. The zero-order chi connectivity index (χ0) is 13.1. The van der Waals surface area contributed by atoms with Crippen LogP contribution in [0.4, 0.5) is 0 Å². The molecule has 2 aromatic rings. The monoisotopic (exact) mass is 250 g/mol. The molecule has 0 aliphatic rings. The lowest BCUT2D eigenvalue weighted by Crippen LogP contribution is -2.13. The fourth-order valence-electron chi connectivity index (χ4n) is 1.47. The summed E-state index contributed by atoms with van der Waals surface area (Å²) in [6.07, 6.45) is 1.55. The maximum Gasteiger partial charge on any atom is 0.318 e. The third kappa shape index (κ3) is 2.27. The Balaban J connectivity index is 2.21. The zero-order valence-corrected chi connectivity index (χ0v) is 10.5. The lowest BCUT2D eigenvalue weighted by Gasteiger charge is -2.04. The Bertz CT molecular complexity index is 544. The van der Waals surface area contributed by atoms with Crippen LogP contribution in [0.5, 0.6) is 0 Å². The van der Waals surface area contributed by atoms with E-state index in [9.17, 15) is 4.79 Å². The summed E-state index contributed by atoms with van der Waals surface area (Å²) in [6.45, 7) is 5.60. The maximum absolute atomic E-state index is 11.5. The molecule has 0 aliphatic heterocycles. The highest BCUT2D eigenvalue weighted by Crippen LogP contribution is 2.23. The first-order valence-electron chi connectivity index (χ1n) is 5.68. The summed E-state index contributed by atoms with van der Waals surface area (Å²) in [5.74, 6) is 0.134. The van der Waals surface area contributed by atoms with Crippen molar-refractivity contribution in [3.8, 4) is 11.6 Å². The molecule has 2 aromatic heterocycles. The summed E-state index contributed by atoms with van der Waals surface area (Å²) in [5.41, 5.74) is 0.908. The van der Waals surface area contributed by atoms with Gasteiger partial charge < -0.3 is 13.7 Å². The average Bonchev–Trinajstić information content (AvgIpc) is 2.96. The van der Waals surface area contributed by atoms with Gasteiger partial charge in [0.15, 0.2) is 5.76 Å². The molecule has 2 rings (SSSR count). The van der Waals surface area contributed by atoms with Gasteiger partial charge >= 0.3 is 5.97 Å². The van der Waals surface area contributed by atoms with Crippen LogP contribution in [0.15, 0.2) is 21.3 Å². The number of rotatable bonds is 4. The van der Waals surface area contributed by atoms with Crippen LogP contribution in [0.25, 0.3) is 11.6 Å². The van der Waals surface area contributed by atoms with E-state index < -0.39 is 5.92 Å². The molecule has 0 radical (unpaired) electrons. The van der Waals surface area contributed by atoms with E-state index in [4.69, 9.17) is 13.7 Å². The molecule has 0 aliphatic carbocycles. The second-order valence-corrected chi connectivity index (χ2v) is 3.86. The standard InChI is InChI=1S/C12H14N2O4/c1-4-16-12(15)8(3)11-13-10(14-18-11)9-7(2)5-6-17-9/h5-6,8H,4H2,1-3H3. The van der Waals surface area contributed by atoms with E-state index in [-0.39, 0.29) is 11.9 Å². The minimum absolute atomic E-state index is 0.222. The smallest absolute Gasteiger partial charge is 0.318 e. The first-order valence-corrected chi connectivity index (χ1v) is 5.68. The van der Waals surface area contributed by atoms with Crippen molar-refractivity contribution in [2.24, 2.45) is 0 Å². The van der Waals surface area contributed by atoms with E-state index in [1.54, 1.807) is 26.2 Å². The highest BCUT2D eigenvalue weighted by molar-refractivity contribution is 5.76. The Morgan fingerprint density at radius 3 is 2.94 bits per heavy atom. The SMILES string of the molecule is CCOC(=O)C(C)c1nc(-c2occc2C)no1. The minimum atomic E-state index is -0.582. The summed E-state index contributed by atoms with van der Waals surface area (Å²) in [4.78, 5) is 15.7. The van der Waals surface area contributed by atoms with Gasteiger partial charge in [0.25, 0.3) is 0 Å². The molecule has 96 valence electrons. The van der Waals surface area contributed by atoms with Gasteiger partial charge in [-0.15, -0.1) is 0 Å². The Hall–Kier alpha value is -2.11. The van der Waals surface area contributed by atoms with Gasteiger partial charge in [-0.25, -0.2) is 0 Å². The normalized spacial score (nSPS) is 12.4. The van der Waals surface area contributed by atoms with Crippen LogP contribution in [0.2, 0.25) is 0 Å². The molecule has 0 aromatic carbocycles. The predicted octanol–water partition coefficient (Wildman–Crippen LogP) is 2.30. The van der Waals surface area contributed by atoms with Gasteiger partial charge in [0.2, 0.25) is 11.7 Å². The Kier molecular flexibility index (Phi) is 3.45. The molecule has 0 fully saturated rings. The number of esters is 1. The van der Waals surface area contributed by atoms with Crippen LogP contribution in [-0.4, -0.2) is 22.7 Å². The lowest BCUT2D eigenvalue weighted by atomic mass is 10.2. The van der Waals surface area contributed by atoms with E-state index in [1.165, 1.54) is 0 Å². The molecule has 0 N–H and O–H groups in total. The van der Waals surface area contributed by atoms with Crippen LogP contribution in [0.3, 0.4) is 0 Å². The molecule has 6 heteroatoms. The molecule has 2 heterocycles. The van der Waals surface area contributed by atoms with Crippen molar-refractivity contribution in [1.29, 1.82) is 0 Å². The third-order valence-electron chi connectivity index (χ3n) is 2.52. The van der Waals surface area contributed by atoms with Gasteiger partial charge in [-0.1, -0.05) is 5.16 Å². The van der Waals surface area contributed by atoms with Crippen molar-refractivity contribution >= 4 is 5.97 Å². The van der Waals surface area contributed by atoms with Crippen LogP contribution in [-0.2, 0) is 9.53 Å². The molecule has 0 spiro atoms. The summed E-state index contributed by atoms with van der Waals surface area (Å²) in [6, 6.07) is 1.81. The first kappa shape index (κ1) is 12.3. The second kappa shape index (κ2) is 5.03.